The first-order valence-corrected chi connectivity index (χ1v) is 10.3. The summed E-state index contributed by atoms with van der Waals surface area (Å²) in [5, 5.41) is 32.7. The van der Waals surface area contributed by atoms with Gasteiger partial charge in [0.1, 0.15) is 23.1 Å². The average molecular weight is 450 g/mol. The fraction of sp³-hybridized carbons (Fsp3) is 0.208. The van der Waals surface area contributed by atoms with Crippen LogP contribution in [0.4, 0.5) is 0 Å². The van der Waals surface area contributed by atoms with E-state index in [1.54, 1.807) is 25.3 Å². The Hall–Kier alpha value is -4.27. The van der Waals surface area contributed by atoms with Gasteiger partial charge in [-0.25, -0.2) is 9.59 Å². The number of phenols is 2. The van der Waals surface area contributed by atoms with E-state index in [9.17, 15) is 29.7 Å². The van der Waals surface area contributed by atoms with Gasteiger partial charge in [0.2, 0.25) is 5.91 Å². The van der Waals surface area contributed by atoms with Gasteiger partial charge in [-0.1, -0.05) is 0 Å². The van der Waals surface area contributed by atoms with Crippen LogP contribution in [-0.2, 0) is 22.4 Å². The van der Waals surface area contributed by atoms with Gasteiger partial charge < -0.3 is 30.0 Å². The van der Waals surface area contributed by atoms with E-state index in [2.05, 4.69) is 10.3 Å². The molecule has 0 aliphatic heterocycles. The van der Waals surface area contributed by atoms with Crippen LogP contribution in [0.15, 0.2) is 51.8 Å². The summed E-state index contributed by atoms with van der Waals surface area (Å²) in [5.41, 5.74) is 1.99. The first-order chi connectivity index (χ1) is 15.7. The Bertz CT molecular complexity index is 1430. The summed E-state index contributed by atoms with van der Waals surface area (Å²) in [6.07, 6.45) is 1.64. The maximum absolute atomic E-state index is 12.5. The summed E-state index contributed by atoms with van der Waals surface area (Å²) in [7, 11) is 0. The smallest absolute Gasteiger partial charge is 0.339 e. The Labute approximate surface area is 187 Å². The van der Waals surface area contributed by atoms with Gasteiger partial charge in [-0.2, -0.15) is 0 Å². The third kappa shape index (κ3) is 4.52. The molecule has 0 radical (unpaired) electrons. The van der Waals surface area contributed by atoms with Gasteiger partial charge in [0, 0.05) is 47.0 Å². The number of aliphatic carboxylic acids is 1. The lowest BCUT2D eigenvalue weighted by atomic mass is 10.0. The molecule has 0 saturated heterocycles. The number of nitrogens with one attached hydrogen (secondary N) is 2. The molecule has 0 saturated carbocycles. The minimum atomic E-state index is -1.20. The number of rotatable bonds is 7. The molecule has 0 aliphatic rings. The average Bonchev–Trinajstić information content (AvgIpc) is 3.14. The predicted octanol–water partition coefficient (Wildman–Crippen LogP) is 2.74. The second kappa shape index (κ2) is 8.70. The van der Waals surface area contributed by atoms with Crippen molar-refractivity contribution in [1.29, 1.82) is 0 Å². The number of carboxylic acid groups (broad SMARTS) is 1. The van der Waals surface area contributed by atoms with E-state index in [0.717, 1.165) is 5.52 Å². The molecule has 4 aromatic rings. The molecule has 9 heteroatoms. The molecule has 0 bridgehead atoms. The van der Waals surface area contributed by atoms with Gasteiger partial charge in [-0.15, -0.1) is 0 Å². The highest BCUT2D eigenvalue weighted by Gasteiger charge is 2.22. The SMILES string of the molecule is Cc1c(CCC(=O)N[C@H](Cc2c[nH]c3ccc(O)cc23)C(=O)O)c(=O)oc2cc(O)ccc12. The molecule has 1 amide bonds. The number of aromatic nitrogens is 1. The molecule has 0 fully saturated rings. The van der Waals surface area contributed by atoms with Crippen molar-refractivity contribution >= 4 is 33.7 Å². The summed E-state index contributed by atoms with van der Waals surface area (Å²) in [6.45, 7) is 1.73. The molecular formula is C24H22N2O7. The number of fused-ring (bicyclic) bond motifs is 2. The highest BCUT2D eigenvalue weighted by Crippen LogP contribution is 2.25. The molecule has 0 unspecified atom stereocenters. The third-order valence-corrected chi connectivity index (χ3v) is 5.68. The van der Waals surface area contributed by atoms with Gasteiger partial charge in [0.15, 0.2) is 0 Å². The fourth-order valence-corrected chi connectivity index (χ4v) is 3.93. The lowest BCUT2D eigenvalue weighted by Gasteiger charge is -2.15. The summed E-state index contributed by atoms with van der Waals surface area (Å²) < 4.78 is 5.26. The first kappa shape index (κ1) is 21.9. The van der Waals surface area contributed by atoms with E-state index < -0.39 is 23.5 Å². The van der Waals surface area contributed by atoms with Crippen molar-refractivity contribution in [3.63, 3.8) is 0 Å². The lowest BCUT2D eigenvalue weighted by molar-refractivity contribution is -0.141. The van der Waals surface area contributed by atoms with Crippen LogP contribution in [0.3, 0.4) is 0 Å². The van der Waals surface area contributed by atoms with Crippen molar-refractivity contribution in [2.75, 3.05) is 0 Å². The number of aromatic hydroxyl groups is 2. The number of hydrogen-bond acceptors (Lipinski definition) is 6. The lowest BCUT2D eigenvalue weighted by Crippen LogP contribution is -2.42. The van der Waals surface area contributed by atoms with E-state index in [0.29, 0.717) is 27.5 Å². The number of carbonyl (C=O) groups is 2. The Kier molecular flexibility index (Phi) is 5.78. The summed E-state index contributed by atoms with van der Waals surface area (Å²) >= 11 is 0. The van der Waals surface area contributed by atoms with Crippen molar-refractivity contribution < 1.29 is 29.3 Å². The Morgan fingerprint density at radius 2 is 1.82 bits per heavy atom. The van der Waals surface area contributed by atoms with Crippen LogP contribution >= 0.6 is 0 Å². The van der Waals surface area contributed by atoms with E-state index in [4.69, 9.17) is 4.42 Å². The molecule has 1 atom stereocenters. The molecule has 2 aromatic heterocycles. The monoisotopic (exact) mass is 450 g/mol. The van der Waals surface area contributed by atoms with Crippen molar-refractivity contribution in [3.8, 4) is 11.5 Å². The molecule has 33 heavy (non-hydrogen) atoms. The Morgan fingerprint density at radius 1 is 1.09 bits per heavy atom. The molecule has 4 rings (SSSR count). The number of aryl methyl sites for hydroxylation is 1. The molecule has 9 nitrogen and oxygen atoms in total. The van der Waals surface area contributed by atoms with Crippen LogP contribution in [0.1, 0.15) is 23.1 Å². The van der Waals surface area contributed by atoms with Crippen LogP contribution in [0.2, 0.25) is 0 Å². The van der Waals surface area contributed by atoms with Crippen LogP contribution in [0.5, 0.6) is 11.5 Å². The van der Waals surface area contributed by atoms with E-state index in [1.807, 2.05) is 0 Å². The third-order valence-electron chi connectivity index (χ3n) is 5.68. The minimum Gasteiger partial charge on any atom is -0.508 e. The Morgan fingerprint density at radius 3 is 2.58 bits per heavy atom. The second-order valence-electron chi connectivity index (χ2n) is 7.88. The van der Waals surface area contributed by atoms with Crippen molar-refractivity contribution in [3.05, 3.63) is 69.7 Å². The molecular weight excluding hydrogens is 428 g/mol. The standard InChI is InChI=1S/C24H22N2O7/c1-12-16-4-2-15(28)10-21(16)33-24(32)17(12)5-7-22(29)26-20(23(30)31)8-13-11-25-19-6-3-14(27)9-18(13)19/h2-4,6,9-11,20,25,27-28H,5,7-8H2,1H3,(H,26,29)(H,30,31)/t20-/m1/s1. The highest BCUT2D eigenvalue weighted by molar-refractivity contribution is 5.88. The molecule has 0 spiro atoms. The van der Waals surface area contributed by atoms with Gasteiger partial charge in [0.05, 0.1) is 0 Å². The van der Waals surface area contributed by atoms with E-state index >= 15 is 0 Å². The number of hydrogen-bond donors (Lipinski definition) is 5. The van der Waals surface area contributed by atoms with Crippen molar-refractivity contribution in [2.45, 2.75) is 32.2 Å². The van der Waals surface area contributed by atoms with Gasteiger partial charge >= 0.3 is 11.6 Å². The number of aromatic amines is 1. The minimum absolute atomic E-state index is 0.0190. The quantitative estimate of drug-likeness (QED) is 0.271. The van der Waals surface area contributed by atoms with E-state index in [1.165, 1.54) is 24.3 Å². The van der Waals surface area contributed by atoms with Gasteiger partial charge in [-0.3, -0.25) is 4.79 Å². The zero-order chi connectivity index (χ0) is 23.7. The summed E-state index contributed by atoms with van der Waals surface area (Å²) in [4.78, 5) is 39.7. The molecule has 2 heterocycles. The predicted molar refractivity (Wildman–Crippen MR) is 120 cm³/mol. The molecule has 170 valence electrons. The van der Waals surface area contributed by atoms with Crippen LogP contribution in [0, 0.1) is 6.92 Å². The van der Waals surface area contributed by atoms with Crippen molar-refractivity contribution in [1.82, 2.24) is 10.3 Å². The highest BCUT2D eigenvalue weighted by atomic mass is 16.4. The zero-order valence-electron chi connectivity index (χ0n) is 17.7. The van der Waals surface area contributed by atoms with Crippen LogP contribution in [-0.4, -0.2) is 38.2 Å². The number of carbonyl (C=O) groups excluding carboxylic acids is 1. The number of amides is 1. The van der Waals surface area contributed by atoms with Crippen LogP contribution in [0.25, 0.3) is 21.9 Å². The zero-order valence-corrected chi connectivity index (χ0v) is 17.7. The number of phenolic OH excluding ortho intramolecular Hbond substituents is 2. The normalized spacial score (nSPS) is 12.2. The van der Waals surface area contributed by atoms with Crippen LogP contribution < -0.4 is 10.9 Å². The number of H-pyrrole nitrogens is 1. The molecule has 0 aliphatic carbocycles. The maximum atomic E-state index is 12.5. The summed E-state index contributed by atoms with van der Waals surface area (Å²) in [5.74, 6) is -1.69. The maximum Gasteiger partial charge on any atom is 0.339 e. The largest absolute Gasteiger partial charge is 0.508 e. The van der Waals surface area contributed by atoms with E-state index in [-0.39, 0.29) is 36.3 Å². The number of carboxylic acids is 1. The van der Waals surface area contributed by atoms with Gasteiger partial charge in [-0.05, 0) is 54.8 Å². The van der Waals surface area contributed by atoms with Crippen molar-refractivity contribution in [2.24, 2.45) is 0 Å². The molecule has 2 aromatic carbocycles. The fourth-order valence-electron chi connectivity index (χ4n) is 3.93. The second-order valence-corrected chi connectivity index (χ2v) is 7.88. The first-order valence-electron chi connectivity index (χ1n) is 10.3. The topological polar surface area (TPSA) is 153 Å². The summed E-state index contributed by atoms with van der Waals surface area (Å²) in [6, 6.07) is 8.01. The number of benzene rings is 2. The Balaban J connectivity index is 1.48. The molecule has 5 N–H and O–H groups in total. The van der Waals surface area contributed by atoms with Gasteiger partial charge in [0.25, 0.3) is 0 Å².